The molecule has 7 heteroatoms. The van der Waals surface area contributed by atoms with Crippen LogP contribution in [0.5, 0.6) is 0 Å². The van der Waals surface area contributed by atoms with Crippen molar-refractivity contribution in [2.45, 2.75) is 32.3 Å². The summed E-state index contributed by atoms with van der Waals surface area (Å²) < 4.78 is 18.5. The van der Waals surface area contributed by atoms with Gasteiger partial charge >= 0.3 is 6.09 Å². The number of hydrogen-bond acceptors (Lipinski definition) is 4. The molecule has 0 bridgehead atoms. The molecular formula is C24H23FN2O4. The van der Waals surface area contributed by atoms with Gasteiger partial charge < -0.3 is 10.1 Å². The number of cyclic esters (lactones) is 1. The van der Waals surface area contributed by atoms with Crippen molar-refractivity contribution in [2.75, 3.05) is 18.0 Å². The van der Waals surface area contributed by atoms with Crippen molar-refractivity contribution in [3.8, 4) is 0 Å². The van der Waals surface area contributed by atoms with Gasteiger partial charge in [-0.05, 0) is 66.8 Å². The van der Waals surface area contributed by atoms with Crippen molar-refractivity contribution in [2.24, 2.45) is 0 Å². The number of fused-ring (bicyclic) bond motifs is 1. The van der Waals surface area contributed by atoms with E-state index < -0.39 is 12.2 Å². The number of halogens is 1. The SMILES string of the molecule is CC(=O)NCC1CN(c2ccc3c(c2)CCCC(=Cc2ccc(F)cc2)C3=O)C(=O)O1. The van der Waals surface area contributed by atoms with Crippen molar-refractivity contribution in [1.82, 2.24) is 5.32 Å². The molecule has 6 nitrogen and oxygen atoms in total. The Morgan fingerprint density at radius 3 is 2.71 bits per heavy atom. The Balaban J connectivity index is 1.55. The lowest BCUT2D eigenvalue weighted by Crippen LogP contribution is -2.33. The molecule has 1 aliphatic heterocycles. The Kier molecular flexibility index (Phi) is 5.84. The maximum absolute atomic E-state index is 13.2. The van der Waals surface area contributed by atoms with Gasteiger partial charge in [0.15, 0.2) is 5.78 Å². The third-order valence-corrected chi connectivity index (χ3v) is 5.49. The average Bonchev–Trinajstić information content (AvgIpc) is 3.05. The molecule has 2 aromatic rings. The Labute approximate surface area is 179 Å². The van der Waals surface area contributed by atoms with E-state index in [1.807, 2.05) is 12.1 Å². The van der Waals surface area contributed by atoms with Crippen molar-refractivity contribution in [1.29, 1.82) is 0 Å². The van der Waals surface area contributed by atoms with E-state index in [4.69, 9.17) is 4.74 Å². The molecule has 2 amide bonds. The van der Waals surface area contributed by atoms with E-state index in [0.29, 0.717) is 36.2 Å². The molecule has 31 heavy (non-hydrogen) atoms. The summed E-state index contributed by atoms with van der Waals surface area (Å²) in [6.45, 7) is 2.01. The zero-order valence-corrected chi connectivity index (χ0v) is 17.2. The van der Waals surface area contributed by atoms with Gasteiger partial charge in [0.1, 0.15) is 11.9 Å². The highest BCUT2D eigenvalue weighted by Crippen LogP contribution is 2.30. The fourth-order valence-electron chi connectivity index (χ4n) is 3.93. The molecule has 1 saturated heterocycles. The van der Waals surface area contributed by atoms with Crippen LogP contribution >= 0.6 is 0 Å². The number of anilines is 1. The zero-order chi connectivity index (χ0) is 22.0. The van der Waals surface area contributed by atoms with Gasteiger partial charge in [-0.3, -0.25) is 14.5 Å². The molecule has 0 spiro atoms. The first-order valence-corrected chi connectivity index (χ1v) is 10.3. The summed E-state index contributed by atoms with van der Waals surface area (Å²) >= 11 is 0. The van der Waals surface area contributed by atoms with Crippen molar-refractivity contribution in [3.05, 3.63) is 70.5 Å². The Morgan fingerprint density at radius 1 is 1.19 bits per heavy atom. The maximum Gasteiger partial charge on any atom is 0.414 e. The topological polar surface area (TPSA) is 75.7 Å². The van der Waals surface area contributed by atoms with Crippen LogP contribution in [0.15, 0.2) is 48.0 Å². The molecule has 2 aliphatic rings. The zero-order valence-electron chi connectivity index (χ0n) is 17.2. The largest absolute Gasteiger partial charge is 0.442 e. The van der Waals surface area contributed by atoms with Crippen molar-refractivity contribution >= 4 is 29.5 Å². The molecule has 2 aromatic carbocycles. The lowest BCUT2D eigenvalue weighted by atomic mass is 9.97. The third kappa shape index (κ3) is 4.66. The van der Waals surface area contributed by atoms with Crippen LogP contribution in [0.4, 0.5) is 14.9 Å². The second-order valence-corrected chi connectivity index (χ2v) is 7.80. The van der Waals surface area contributed by atoms with E-state index in [2.05, 4.69) is 5.32 Å². The molecule has 1 fully saturated rings. The van der Waals surface area contributed by atoms with Gasteiger partial charge in [-0.2, -0.15) is 0 Å². The number of ketones is 1. The lowest BCUT2D eigenvalue weighted by molar-refractivity contribution is -0.119. The van der Waals surface area contributed by atoms with Crippen LogP contribution in [-0.4, -0.2) is 37.0 Å². The summed E-state index contributed by atoms with van der Waals surface area (Å²) in [5.41, 5.74) is 3.66. The molecule has 1 heterocycles. The highest BCUT2D eigenvalue weighted by Gasteiger charge is 2.33. The first kappa shape index (κ1) is 20.8. The van der Waals surface area contributed by atoms with E-state index in [0.717, 1.165) is 17.5 Å². The summed E-state index contributed by atoms with van der Waals surface area (Å²) in [4.78, 5) is 38.0. The minimum atomic E-state index is -0.466. The van der Waals surface area contributed by atoms with Crippen LogP contribution in [0, 0.1) is 5.82 Å². The van der Waals surface area contributed by atoms with Gasteiger partial charge in [0, 0.05) is 23.7 Å². The number of ether oxygens (including phenoxy) is 1. The number of rotatable bonds is 4. The van der Waals surface area contributed by atoms with E-state index in [1.54, 1.807) is 24.3 Å². The molecule has 0 radical (unpaired) electrons. The predicted octanol–water partition coefficient (Wildman–Crippen LogP) is 3.89. The highest BCUT2D eigenvalue weighted by molar-refractivity contribution is 6.12. The monoisotopic (exact) mass is 422 g/mol. The molecule has 160 valence electrons. The average molecular weight is 422 g/mol. The van der Waals surface area contributed by atoms with E-state index >= 15 is 0 Å². The first-order chi connectivity index (χ1) is 14.9. The molecule has 0 saturated carbocycles. The molecule has 4 rings (SSSR count). The fraction of sp³-hybridized carbons (Fsp3) is 0.292. The smallest absolute Gasteiger partial charge is 0.414 e. The number of allylic oxidation sites excluding steroid dienone is 1. The standard InChI is InChI=1S/C24H23FN2O4/c1-15(28)26-13-21-14-27(24(30)31-21)20-9-10-22-17(12-20)3-2-4-18(23(22)29)11-16-5-7-19(25)8-6-16/h5-12,21H,2-4,13-14H2,1H3,(H,26,28). The number of benzene rings is 2. The number of carbonyl (C=O) groups excluding carboxylic acids is 3. The van der Waals surface area contributed by atoms with Crippen LogP contribution in [0.1, 0.15) is 41.3 Å². The Hall–Kier alpha value is -3.48. The number of hydrogen-bond donors (Lipinski definition) is 1. The highest BCUT2D eigenvalue weighted by atomic mass is 19.1. The van der Waals surface area contributed by atoms with E-state index in [1.165, 1.54) is 24.0 Å². The number of carbonyl (C=O) groups is 3. The van der Waals surface area contributed by atoms with E-state index in [-0.39, 0.29) is 24.1 Å². The quantitative estimate of drug-likeness (QED) is 0.599. The number of nitrogens with one attached hydrogen (secondary N) is 1. The van der Waals surface area contributed by atoms with Gasteiger partial charge in [0.2, 0.25) is 5.91 Å². The van der Waals surface area contributed by atoms with Crippen LogP contribution in [0.2, 0.25) is 0 Å². The third-order valence-electron chi connectivity index (χ3n) is 5.49. The van der Waals surface area contributed by atoms with Crippen LogP contribution in [0.25, 0.3) is 6.08 Å². The van der Waals surface area contributed by atoms with Gasteiger partial charge in [-0.25, -0.2) is 9.18 Å². The minimum absolute atomic E-state index is 0.0455. The van der Waals surface area contributed by atoms with E-state index in [9.17, 15) is 18.8 Å². The number of nitrogens with zero attached hydrogens (tertiary/aromatic N) is 1. The van der Waals surface area contributed by atoms with Gasteiger partial charge in [0.05, 0.1) is 13.1 Å². The predicted molar refractivity (Wildman–Crippen MR) is 114 cm³/mol. The van der Waals surface area contributed by atoms with Gasteiger partial charge in [-0.1, -0.05) is 12.1 Å². The fourth-order valence-corrected chi connectivity index (χ4v) is 3.93. The van der Waals surface area contributed by atoms with Crippen molar-refractivity contribution < 1.29 is 23.5 Å². The number of amides is 2. The summed E-state index contributed by atoms with van der Waals surface area (Å²) in [7, 11) is 0. The molecule has 0 aromatic heterocycles. The van der Waals surface area contributed by atoms with Crippen molar-refractivity contribution in [3.63, 3.8) is 0 Å². The van der Waals surface area contributed by atoms with Gasteiger partial charge in [-0.15, -0.1) is 0 Å². The lowest BCUT2D eigenvalue weighted by Gasteiger charge is -2.16. The first-order valence-electron chi connectivity index (χ1n) is 10.3. The summed E-state index contributed by atoms with van der Waals surface area (Å²) in [5.74, 6) is -0.537. The summed E-state index contributed by atoms with van der Waals surface area (Å²) in [5, 5.41) is 2.66. The normalized spacial score (nSPS) is 19.7. The maximum atomic E-state index is 13.2. The molecule has 1 aliphatic carbocycles. The summed E-state index contributed by atoms with van der Waals surface area (Å²) in [6, 6.07) is 11.4. The van der Waals surface area contributed by atoms with Crippen LogP contribution in [-0.2, 0) is 16.0 Å². The second kappa shape index (κ2) is 8.71. The summed E-state index contributed by atoms with van der Waals surface area (Å²) in [6.07, 6.45) is 3.08. The Morgan fingerprint density at radius 2 is 1.97 bits per heavy atom. The molecular weight excluding hydrogens is 399 g/mol. The van der Waals surface area contributed by atoms with Gasteiger partial charge in [0.25, 0.3) is 0 Å². The van der Waals surface area contributed by atoms with Crippen LogP contribution in [0.3, 0.4) is 0 Å². The minimum Gasteiger partial charge on any atom is -0.442 e. The molecule has 1 N–H and O–H groups in total. The second-order valence-electron chi connectivity index (χ2n) is 7.80. The number of Topliss-reactive ketones (excluding diaryl/α,β-unsaturated/α-hetero) is 1. The molecule has 1 atom stereocenters. The molecule has 1 unspecified atom stereocenters. The number of aryl methyl sites for hydroxylation is 1. The Bertz CT molecular complexity index is 1060. The van der Waals surface area contributed by atoms with Crippen LogP contribution < -0.4 is 10.2 Å².